The van der Waals surface area contributed by atoms with Gasteiger partial charge in [0.1, 0.15) is 0 Å². The van der Waals surface area contributed by atoms with E-state index in [9.17, 15) is 0 Å². The number of nitrogens with one attached hydrogen (secondary N) is 2. The number of hydrogen-bond acceptors (Lipinski definition) is 2. The molecule has 2 heteroatoms. The summed E-state index contributed by atoms with van der Waals surface area (Å²) in [6.45, 7) is 7.99. The first-order chi connectivity index (χ1) is 8.18. The molecule has 17 heavy (non-hydrogen) atoms. The summed E-state index contributed by atoms with van der Waals surface area (Å²) in [5, 5.41) is 7.18. The lowest BCUT2D eigenvalue weighted by Crippen LogP contribution is -2.43. The van der Waals surface area contributed by atoms with Crippen LogP contribution in [-0.2, 0) is 5.54 Å². The summed E-state index contributed by atoms with van der Waals surface area (Å²) in [6.07, 6.45) is 2.67. The summed E-state index contributed by atoms with van der Waals surface area (Å²) in [6, 6.07) is 10.7. The fourth-order valence-electron chi connectivity index (χ4n) is 2.45. The molecule has 1 aliphatic rings. The van der Waals surface area contributed by atoms with E-state index in [2.05, 4.69) is 54.8 Å². The van der Waals surface area contributed by atoms with E-state index in [0.29, 0.717) is 0 Å². The van der Waals surface area contributed by atoms with Gasteiger partial charge in [-0.25, -0.2) is 0 Å². The summed E-state index contributed by atoms with van der Waals surface area (Å²) >= 11 is 0. The van der Waals surface area contributed by atoms with Gasteiger partial charge in [0.05, 0.1) is 0 Å². The molecule has 1 atom stereocenters. The SMILES string of the molecule is CC(C)(NCC1CCCNC1)c1ccccc1. The fraction of sp³-hybridized carbons (Fsp3) is 0.600. The van der Waals surface area contributed by atoms with E-state index in [0.717, 1.165) is 19.0 Å². The maximum atomic E-state index is 3.70. The Bertz CT molecular complexity index is 326. The van der Waals surface area contributed by atoms with E-state index in [1.807, 2.05) is 0 Å². The first kappa shape index (κ1) is 12.6. The lowest BCUT2D eigenvalue weighted by atomic mass is 9.92. The first-order valence-corrected chi connectivity index (χ1v) is 6.70. The predicted molar refractivity (Wildman–Crippen MR) is 73.1 cm³/mol. The topological polar surface area (TPSA) is 24.1 Å². The summed E-state index contributed by atoms with van der Waals surface area (Å²) in [7, 11) is 0. The molecular formula is C15H24N2. The molecule has 1 saturated heterocycles. The average Bonchev–Trinajstić information content (AvgIpc) is 2.39. The summed E-state index contributed by atoms with van der Waals surface area (Å²) in [4.78, 5) is 0. The van der Waals surface area contributed by atoms with Crippen molar-refractivity contribution in [1.29, 1.82) is 0 Å². The lowest BCUT2D eigenvalue weighted by molar-refractivity contribution is 0.308. The summed E-state index contributed by atoms with van der Waals surface area (Å²) in [5.41, 5.74) is 1.43. The van der Waals surface area contributed by atoms with Crippen molar-refractivity contribution in [2.45, 2.75) is 32.2 Å². The van der Waals surface area contributed by atoms with Gasteiger partial charge in [-0.05, 0) is 57.8 Å². The molecule has 1 aromatic rings. The summed E-state index contributed by atoms with van der Waals surface area (Å²) in [5.74, 6) is 0.784. The van der Waals surface area contributed by atoms with Crippen molar-refractivity contribution in [1.82, 2.24) is 10.6 Å². The minimum Gasteiger partial charge on any atom is -0.316 e. The molecule has 0 bridgehead atoms. The Kier molecular flexibility index (Phi) is 4.19. The van der Waals surface area contributed by atoms with E-state index in [1.165, 1.54) is 24.9 Å². The van der Waals surface area contributed by atoms with Crippen molar-refractivity contribution >= 4 is 0 Å². The normalized spacial score (nSPS) is 21.4. The molecule has 1 fully saturated rings. The number of hydrogen-bond donors (Lipinski definition) is 2. The van der Waals surface area contributed by atoms with Crippen LogP contribution in [0.5, 0.6) is 0 Å². The van der Waals surface area contributed by atoms with Crippen molar-refractivity contribution in [2.75, 3.05) is 19.6 Å². The second-order valence-corrected chi connectivity index (χ2v) is 5.58. The van der Waals surface area contributed by atoms with E-state index < -0.39 is 0 Å². The Morgan fingerprint density at radius 2 is 2.06 bits per heavy atom. The Labute approximate surface area is 105 Å². The van der Waals surface area contributed by atoms with E-state index in [-0.39, 0.29) is 5.54 Å². The Morgan fingerprint density at radius 3 is 2.71 bits per heavy atom. The van der Waals surface area contributed by atoms with Crippen molar-refractivity contribution in [2.24, 2.45) is 5.92 Å². The van der Waals surface area contributed by atoms with Crippen molar-refractivity contribution in [3.8, 4) is 0 Å². The minimum absolute atomic E-state index is 0.0682. The van der Waals surface area contributed by atoms with Gasteiger partial charge in [-0.2, -0.15) is 0 Å². The van der Waals surface area contributed by atoms with Crippen LogP contribution >= 0.6 is 0 Å². The summed E-state index contributed by atoms with van der Waals surface area (Å²) < 4.78 is 0. The standard InChI is InChI=1S/C15H24N2/c1-15(2,14-8-4-3-5-9-14)17-12-13-7-6-10-16-11-13/h3-5,8-9,13,16-17H,6-7,10-12H2,1-2H3. The van der Waals surface area contributed by atoms with Crippen LogP contribution in [0.2, 0.25) is 0 Å². The molecule has 0 radical (unpaired) electrons. The van der Waals surface area contributed by atoms with Crippen LogP contribution in [0.4, 0.5) is 0 Å². The molecule has 0 spiro atoms. The third-order valence-electron chi connectivity index (χ3n) is 3.73. The second kappa shape index (κ2) is 5.65. The fourth-order valence-corrected chi connectivity index (χ4v) is 2.45. The van der Waals surface area contributed by atoms with Crippen LogP contribution in [0.15, 0.2) is 30.3 Å². The molecule has 1 heterocycles. The monoisotopic (exact) mass is 232 g/mol. The molecule has 0 amide bonds. The van der Waals surface area contributed by atoms with E-state index in [4.69, 9.17) is 0 Å². The van der Waals surface area contributed by atoms with Crippen LogP contribution in [0, 0.1) is 5.92 Å². The highest BCUT2D eigenvalue weighted by Gasteiger charge is 2.21. The highest BCUT2D eigenvalue weighted by Crippen LogP contribution is 2.20. The molecule has 2 nitrogen and oxygen atoms in total. The molecule has 0 saturated carbocycles. The molecule has 0 aromatic heterocycles. The third-order valence-corrected chi connectivity index (χ3v) is 3.73. The number of benzene rings is 1. The van der Waals surface area contributed by atoms with Crippen molar-refractivity contribution < 1.29 is 0 Å². The molecule has 2 N–H and O–H groups in total. The van der Waals surface area contributed by atoms with Crippen molar-refractivity contribution in [3.05, 3.63) is 35.9 Å². The average molecular weight is 232 g/mol. The van der Waals surface area contributed by atoms with Gasteiger partial charge in [-0.3, -0.25) is 0 Å². The van der Waals surface area contributed by atoms with Crippen LogP contribution in [0.1, 0.15) is 32.3 Å². The Balaban J connectivity index is 1.88. The molecule has 1 aliphatic heterocycles. The zero-order valence-corrected chi connectivity index (χ0v) is 11.0. The molecular weight excluding hydrogens is 208 g/mol. The lowest BCUT2D eigenvalue weighted by Gasteiger charge is -2.31. The molecule has 1 unspecified atom stereocenters. The van der Waals surface area contributed by atoms with Crippen LogP contribution in [0.3, 0.4) is 0 Å². The largest absolute Gasteiger partial charge is 0.316 e. The second-order valence-electron chi connectivity index (χ2n) is 5.58. The number of piperidine rings is 1. The Morgan fingerprint density at radius 1 is 1.29 bits per heavy atom. The highest BCUT2D eigenvalue weighted by molar-refractivity contribution is 5.22. The highest BCUT2D eigenvalue weighted by atomic mass is 15.0. The zero-order valence-electron chi connectivity index (χ0n) is 11.0. The third kappa shape index (κ3) is 3.55. The van der Waals surface area contributed by atoms with Gasteiger partial charge in [0, 0.05) is 5.54 Å². The van der Waals surface area contributed by atoms with Gasteiger partial charge in [0.2, 0.25) is 0 Å². The van der Waals surface area contributed by atoms with E-state index >= 15 is 0 Å². The van der Waals surface area contributed by atoms with Gasteiger partial charge in [-0.1, -0.05) is 30.3 Å². The maximum absolute atomic E-state index is 3.70. The van der Waals surface area contributed by atoms with Gasteiger partial charge in [-0.15, -0.1) is 0 Å². The van der Waals surface area contributed by atoms with Gasteiger partial charge >= 0.3 is 0 Å². The van der Waals surface area contributed by atoms with Gasteiger partial charge < -0.3 is 10.6 Å². The van der Waals surface area contributed by atoms with Gasteiger partial charge in [0.25, 0.3) is 0 Å². The van der Waals surface area contributed by atoms with Crippen LogP contribution < -0.4 is 10.6 Å². The van der Waals surface area contributed by atoms with Crippen molar-refractivity contribution in [3.63, 3.8) is 0 Å². The molecule has 2 rings (SSSR count). The first-order valence-electron chi connectivity index (χ1n) is 6.70. The van der Waals surface area contributed by atoms with Crippen LogP contribution in [-0.4, -0.2) is 19.6 Å². The van der Waals surface area contributed by atoms with E-state index in [1.54, 1.807) is 0 Å². The predicted octanol–water partition coefficient (Wildman–Crippen LogP) is 2.51. The van der Waals surface area contributed by atoms with Crippen LogP contribution in [0.25, 0.3) is 0 Å². The maximum Gasteiger partial charge on any atom is 0.0377 e. The zero-order chi connectivity index (χ0) is 12.1. The minimum atomic E-state index is 0.0682. The molecule has 0 aliphatic carbocycles. The Hall–Kier alpha value is -0.860. The number of rotatable bonds is 4. The quantitative estimate of drug-likeness (QED) is 0.833. The molecule has 94 valence electrons. The van der Waals surface area contributed by atoms with Gasteiger partial charge in [0.15, 0.2) is 0 Å². The molecule has 1 aromatic carbocycles. The smallest absolute Gasteiger partial charge is 0.0377 e.